The quantitative estimate of drug-likeness (QED) is 0.564. The molecule has 0 spiro atoms. The number of fused-ring (bicyclic) bond motifs is 2. The molecular formula is C22H24N6O. The van der Waals surface area contributed by atoms with Crippen LogP contribution in [0, 0.1) is 0 Å². The summed E-state index contributed by atoms with van der Waals surface area (Å²) in [6.07, 6.45) is 7.57. The molecule has 4 heterocycles. The molecule has 1 atom stereocenters. The molecule has 148 valence electrons. The van der Waals surface area contributed by atoms with E-state index in [0.29, 0.717) is 13.0 Å². The SMILES string of the molecule is CCc1cccc2c(CC(=O)N3CCc4[nH]cnc4C3c3ccnn3C)c[nH]c12. The molecular weight excluding hydrogens is 364 g/mol. The van der Waals surface area contributed by atoms with Gasteiger partial charge in [-0.05, 0) is 23.6 Å². The highest BCUT2D eigenvalue weighted by atomic mass is 16.2. The van der Waals surface area contributed by atoms with E-state index >= 15 is 0 Å². The van der Waals surface area contributed by atoms with E-state index in [1.807, 2.05) is 28.9 Å². The summed E-state index contributed by atoms with van der Waals surface area (Å²) in [6.45, 7) is 2.81. The van der Waals surface area contributed by atoms with Crippen LogP contribution in [-0.2, 0) is 31.1 Å². The number of carbonyl (C=O) groups is 1. The highest BCUT2D eigenvalue weighted by Gasteiger charge is 2.35. The number of aromatic nitrogens is 5. The number of benzene rings is 1. The van der Waals surface area contributed by atoms with Crippen LogP contribution in [0.5, 0.6) is 0 Å². The Kier molecular flexibility index (Phi) is 4.23. The number of aromatic amines is 2. The monoisotopic (exact) mass is 388 g/mol. The third-order valence-corrected chi connectivity index (χ3v) is 5.99. The van der Waals surface area contributed by atoms with Crippen molar-refractivity contribution < 1.29 is 4.79 Å². The van der Waals surface area contributed by atoms with Crippen LogP contribution in [-0.4, -0.2) is 42.1 Å². The van der Waals surface area contributed by atoms with Crippen molar-refractivity contribution in [3.05, 3.63) is 71.2 Å². The lowest BCUT2D eigenvalue weighted by molar-refractivity contribution is -0.132. The van der Waals surface area contributed by atoms with Crippen LogP contribution in [0.25, 0.3) is 10.9 Å². The number of H-pyrrole nitrogens is 2. The highest BCUT2D eigenvalue weighted by Crippen LogP contribution is 2.34. The Morgan fingerprint density at radius 2 is 2.14 bits per heavy atom. The molecule has 2 N–H and O–H groups in total. The van der Waals surface area contributed by atoms with E-state index in [1.54, 1.807) is 12.5 Å². The first kappa shape index (κ1) is 17.7. The fourth-order valence-electron chi connectivity index (χ4n) is 4.48. The Morgan fingerprint density at radius 3 is 2.93 bits per heavy atom. The molecule has 0 saturated heterocycles. The maximum atomic E-state index is 13.5. The van der Waals surface area contributed by atoms with Crippen molar-refractivity contribution in [1.82, 2.24) is 29.6 Å². The lowest BCUT2D eigenvalue weighted by Crippen LogP contribution is -2.42. The number of nitrogens with zero attached hydrogens (tertiary/aromatic N) is 4. The van der Waals surface area contributed by atoms with Gasteiger partial charge in [0.05, 0.1) is 24.1 Å². The Bertz CT molecular complexity index is 1180. The minimum absolute atomic E-state index is 0.104. The van der Waals surface area contributed by atoms with Crippen LogP contribution in [0.2, 0.25) is 0 Å². The minimum atomic E-state index is -0.221. The molecule has 7 heteroatoms. The molecule has 29 heavy (non-hydrogen) atoms. The van der Waals surface area contributed by atoms with Crippen LogP contribution >= 0.6 is 0 Å². The van der Waals surface area contributed by atoms with Crippen LogP contribution < -0.4 is 0 Å². The van der Waals surface area contributed by atoms with Gasteiger partial charge >= 0.3 is 0 Å². The summed E-state index contributed by atoms with van der Waals surface area (Å²) >= 11 is 0. The third kappa shape index (κ3) is 2.85. The van der Waals surface area contributed by atoms with E-state index in [-0.39, 0.29) is 11.9 Å². The Balaban J connectivity index is 1.50. The van der Waals surface area contributed by atoms with E-state index in [2.05, 4.69) is 45.2 Å². The van der Waals surface area contributed by atoms with Gasteiger partial charge in [-0.25, -0.2) is 4.98 Å². The van der Waals surface area contributed by atoms with Gasteiger partial charge < -0.3 is 14.9 Å². The predicted molar refractivity (Wildman–Crippen MR) is 110 cm³/mol. The molecule has 4 aromatic rings. The zero-order valence-corrected chi connectivity index (χ0v) is 16.6. The van der Waals surface area contributed by atoms with E-state index < -0.39 is 0 Å². The average molecular weight is 388 g/mol. The number of hydrogen-bond donors (Lipinski definition) is 2. The summed E-state index contributed by atoms with van der Waals surface area (Å²) < 4.78 is 1.83. The fourth-order valence-corrected chi connectivity index (χ4v) is 4.48. The van der Waals surface area contributed by atoms with Crippen molar-refractivity contribution in [2.75, 3.05) is 6.54 Å². The minimum Gasteiger partial charge on any atom is -0.361 e. The number of nitrogens with one attached hydrogen (secondary N) is 2. The standard InChI is InChI=1S/C22H24N6O/c1-3-14-5-4-6-16-15(12-23-20(14)16)11-19(29)28-10-8-17-21(25-13-24-17)22(28)18-7-9-26-27(18)2/h4-7,9,12-13,22-23H,3,8,10-11H2,1-2H3,(H,24,25). The van der Waals surface area contributed by atoms with E-state index in [0.717, 1.165) is 46.4 Å². The maximum absolute atomic E-state index is 13.5. The molecule has 5 rings (SSSR count). The summed E-state index contributed by atoms with van der Waals surface area (Å²) in [6, 6.07) is 8.04. The Labute approximate surface area is 168 Å². The molecule has 0 aliphatic carbocycles. The summed E-state index contributed by atoms with van der Waals surface area (Å²) in [5, 5.41) is 5.45. The number of para-hydroxylation sites is 1. The van der Waals surface area contributed by atoms with Crippen LogP contribution in [0.4, 0.5) is 0 Å². The van der Waals surface area contributed by atoms with Crippen molar-refractivity contribution in [3.63, 3.8) is 0 Å². The fraction of sp³-hybridized carbons (Fsp3) is 0.318. The number of carbonyl (C=O) groups excluding carboxylic acids is 1. The smallest absolute Gasteiger partial charge is 0.227 e. The first-order valence-corrected chi connectivity index (χ1v) is 10.0. The summed E-state index contributed by atoms with van der Waals surface area (Å²) in [5.41, 5.74) is 6.43. The van der Waals surface area contributed by atoms with Gasteiger partial charge in [0.2, 0.25) is 5.91 Å². The summed E-state index contributed by atoms with van der Waals surface area (Å²) in [7, 11) is 1.91. The Hall–Kier alpha value is -3.35. The molecule has 7 nitrogen and oxygen atoms in total. The molecule has 1 amide bonds. The van der Waals surface area contributed by atoms with Crippen LogP contribution in [0.1, 0.15) is 41.2 Å². The number of hydrogen-bond acceptors (Lipinski definition) is 3. The van der Waals surface area contributed by atoms with Gasteiger partial charge in [-0.15, -0.1) is 0 Å². The van der Waals surface area contributed by atoms with E-state index in [4.69, 9.17) is 0 Å². The number of amides is 1. The number of aryl methyl sites for hydroxylation is 2. The topological polar surface area (TPSA) is 82.6 Å². The second-order valence-corrected chi connectivity index (χ2v) is 7.57. The zero-order chi connectivity index (χ0) is 20.0. The summed E-state index contributed by atoms with van der Waals surface area (Å²) in [5.74, 6) is 0.104. The third-order valence-electron chi connectivity index (χ3n) is 5.99. The molecule has 1 aliphatic heterocycles. The number of imidazole rings is 1. The second-order valence-electron chi connectivity index (χ2n) is 7.57. The van der Waals surface area contributed by atoms with Crippen molar-refractivity contribution in [2.45, 2.75) is 32.2 Å². The van der Waals surface area contributed by atoms with Gasteiger partial charge in [-0.2, -0.15) is 5.10 Å². The van der Waals surface area contributed by atoms with Gasteiger partial charge in [0, 0.05) is 49.0 Å². The lowest BCUT2D eigenvalue weighted by Gasteiger charge is -2.35. The van der Waals surface area contributed by atoms with Gasteiger partial charge in [0.1, 0.15) is 6.04 Å². The first-order valence-electron chi connectivity index (χ1n) is 10.0. The van der Waals surface area contributed by atoms with Crippen molar-refractivity contribution in [3.8, 4) is 0 Å². The van der Waals surface area contributed by atoms with Gasteiger partial charge in [0.25, 0.3) is 0 Å². The second kappa shape index (κ2) is 6.92. The largest absolute Gasteiger partial charge is 0.361 e. The molecule has 0 radical (unpaired) electrons. The average Bonchev–Trinajstić information content (AvgIpc) is 3.47. The lowest BCUT2D eigenvalue weighted by atomic mass is 9.98. The molecule has 0 fully saturated rings. The van der Waals surface area contributed by atoms with Crippen molar-refractivity contribution in [2.24, 2.45) is 7.05 Å². The maximum Gasteiger partial charge on any atom is 0.227 e. The van der Waals surface area contributed by atoms with Crippen LogP contribution in [0.15, 0.2) is 43.0 Å². The van der Waals surface area contributed by atoms with Gasteiger partial charge in [0.15, 0.2) is 0 Å². The van der Waals surface area contributed by atoms with Crippen molar-refractivity contribution >= 4 is 16.8 Å². The van der Waals surface area contributed by atoms with Crippen molar-refractivity contribution in [1.29, 1.82) is 0 Å². The summed E-state index contributed by atoms with van der Waals surface area (Å²) in [4.78, 5) is 26.5. The zero-order valence-electron chi connectivity index (χ0n) is 16.6. The van der Waals surface area contributed by atoms with Gasteiger partial charge in [-0.3, -0.25) is 9.48 Å². The van der Waals surface area contributed by atoms with E-state index in [1.165, 1.54) is 5.56 Å². The highest BCUT2D eigenvalue weighted by molar-refractivity contribution is 5.91. The van der Waals surface area contributed by atoms with Crippen LogP contribution in [0.3, 0.4) is 0 Å². The Morgan fingerprint density at radius 1 is 1.24 bits per heavy atom. The molecule has 3 aromatic heterocycles. The molecule has 1 unspecified atom stereocenters. The molecule has 1 aliphatic rings. The molecule has 0 saturated carbocycles. The predicted octanol–water partition coefficient (Wildman–Crippen LogP) is 2.90. The first-order chi connectivity index (χ1) is 14.2. The number of rotatable bonds is 4. The van der Waals surface area contributed by atoms with E-state index in [9.17, 15) is 4.79 Å². The normalized spacial score (nSPS) is 16.3. The molecule has 0 bridgehead atoms. The molecule has 1 aromatic carbocycles. The van der Waals surface area contributed by atoms with Gasteiger partial charge in [-0.1, -0.05) is 25.1 Å².